The van der Waals surface area contributed by atoms with Crippen molar-refractivity contribution in [2.75, 3.05) is 41.3 Å². The van der Waals surface area contributed by atoms with Crippen LogP contribution in [0.4, 0.5) is 21.6 Å². The van der Waals surface area contributed by atoms with Crippen molar-refractivity contribution in [3.05, 3.63) is 83.8 Å². The number of anilines is 3. The van der Waals surface area contributed by atoms with Crippen LogP contribution in [0.1, 0.15) is 20.7 Å². The van der Waals surface area contributed by atoms with Crippen LogP contribution < -0.4 is 15.1 Å². The number of hydrogen-bond donors (Lipinski definition) is 2. The molecule has 0 aliphatic carbocycles. The lowest BCUT2D eigenvalue weighted by Crippen LogP contribution is -2.47. The van der Waals surface area contributed by atoms with E-state index >= 15 is 0 Å². The van der Waals surface area contributed by atoms with Gasteiger partial charge in [0.15, 0.2) is 0 Å². The van der Waals surface area contributed by atoms with Crippen molar-refractivity contribution in [1.29, 1.82) is 0 Å². The quantitative estimate of drug-likeness (QED) is 0.657. The molecule has 0 radical (unpaired) electrons. The van der Waals surface area contributed by atoms with Crippen molar-refractivity contribution in [3.63, 3.8) is 0 Å². The van der Waals surface area contributed by atoms with Crippen molar-refractivity contribution in [3.8, 4) is 0 Å². The molecule has 31 heavy (non-hydrogen) atoms. The maximum Gasteiger partial charge on any atom is 0.339 e. The smallest absolute Gasteiger partial charge is 0.339 e. The molecule has 158 valence electrons. The third-order valence-corrected chi connectivity index (χ3v) is 5.16. The Bertz CT molecular complexity index is 1080. The highest BCUT2D eigenvalue weighted by Crippen LogP contribution is 2.24. The Balaban J connectivity index is 1.48. The van der Waals surface area contributed by atoms with Crippen molar-refractivity contribution in [2.45, 2.75) is 0 Å². The number of benzene rings is 2. The number of aromatic carboxylic acids is 1. The zero-order valence-corrected chi connectivity index (χ0v) is 16.7. The van der Waals surface area contributed by atoms with Gasteiger partial charge in [-0.1, -0.05) is 18.2 Å². The average Bonchev–Trinajstić information content (AvgIpc) is 2.80. The van der Waals surface area contributed by atoms with Gasteiger partial charge in [-0.25, -0.2) is 14.2 Å². The summed E-state index contributed by atoms with van der Waals surface area (Å²) >= 11 is 0. The number of nitrogens with zero attached hydrogens (tertiary/aromatic N) is 3. The number of piperazine rings is 1. The van der Waals surface area contributed by atoms with Crippen molar-refractivity contribution < 1.29 is 19.1 Å². The largest absolute Gasteiger partial charge is 0.478 e. The number of pyridine rings is 1. The highest BCUT2D eigenvalue weighted by atomic mass is 19.1. The summed E-state index contributed by atoms with van der Waals surface area (Å²) in [7, 11) is 0. The molecule has 1 aromatic heterocycles. The van der Waals surface area contributed by atoms with E-state index in [9.17, 15) is 19.1 Å². The topological polar surface area (TPSA) is 85.8 Å². The molecule has 4 rings (SSSR count). The van der Waals surface area contributed by atoms with Crippen LogP contribution in [-0.2, 0) is 0 Å². The Kier molecular flexibility index (Phi) is 5.79. The summed E-state index contributed by atoms with van der Waals surface area (Å²) in [6.07, 6.45) is 1.44. The molecule has 7 nitrogen and oxygen atoms in total. The third kappa shape index (κ3) is 4.63. The molecule has 1 aliphatic rings. The zero-order chi connectivity index (χ0) is 21.8. The Labute approximate surface area is 178 Å². The van der Waals surface area contributed by atoms with E-state index in [4.69, 9.17) is 0 Å². The van der Waals surface area contributed by atoms with Crippen LogP contribution in [-0.4, -0.2) is 48.1 Å². The minimum atomic E-state index is -1.12. The molecule has 1 aliphatic heterocycles. The van der Waals surface area contributed by atoms with Gasteiger partial charge in [0.05, 0.1) is 11.9 Å². The summed E-state index contributed by atoms with van der Waals surface area (Å²) < 4.78 is 13.0. The molecule has 2 aromatic carbocycles. The minimum absolute atomic E-state index is 0.0186. The molecule has 0 saturated carbocycles. The van der Waals surface area contributed by atoms with E-state index in [1.54, 1.807) is 0 Å². The van der Waals surface area contributed by atoms with Gasteiger partial charge in [-0.15, -0.1) is 0 Å². The predicted molar refractivity (Wildman–Crippen MR) is 116 cm³/mol. The van der Waals surface area contributed by atoms with Crippen molar-refractivity contribution in [1.82, 2.24) is 4.98 Å². The van der Waals surface area contributed by atoms with E-state index < -0.39 is 17.7 Å². The van der Waals surface area contributed by atoms with E-state index in [0.717, 1.165) is 18.8 Å². The van der Waals surface area contributed by atoms with Gasteiger partial charge < -0.3 is 20.2 Å². The molecule has 0 atom stereocenters. The molecule has 1 fully saturated rings. The number of halogens is 1. The first-order valence-corrected chi connectivity index (χ1v) is 9.86. The summed E-state index contributed by atoms with van der Waals surface area (Å²) in [4.78, 5) is 32.7. The zero-order valence-electron chi connectivity index (χ0n) is 16.7. The van der Waals surface area contributed by atoms with E-state index in [-0.39, 0.29) is 16.8 Å². The number of aromatic nitrogens is 1. The van der Waals surface area contributed by atoms with Crippen LogP contribution in [0, 0.1) is 5.82 Å². The number of hydrogen-bond acceptors (Lipinski definition) is 5. The molecule has 3 aromatic rings. The van der Waals surface area contributed by atoms with Gasteiger partial charge in [0.1, 0.15) is 17.2 Å². The van der Waals surface area contributed by atoms with E-state index in [0.29, 0.717) is 18.9 Å². The maximum atomic E-state index is 13.0. The van der Waals surface area contributed by atoms with Crippen LogP contribution in [0.15, 0.2) is 66.9 Å². The van der Waals surface area contributed by atoms with Gasteiger partial charge in [-0.05, 0) is 42.5 Å². The first-order chi connectivity index (χ1) is 15.0. The Morgan fingerprint density at radius 1 is 0.935 bits per heavy atom. The second-order valence-electron chi connectivity index (χ2n) is 7.17. The lowest BCUT2D eigenvalue weighted by molar-refractivity contribution is 0.0696. The van der Waals surface area contributed by atoms with Gasteiger partial charge in [0.2, 0.25) is 0 Å². The van der Waals surface area contributed by atoms with Crippen LogP contribution in [0.2, 0.25) is 0 Å². The highest BCUT2D eigenvalue weighted by molar-refractivity contribution is 6.05. The summed E-state index contributed by atoms with van der Waals surface area (Å²) in [6.45, 7) is 2.74. The van der Waals surface area contributed by atoms with E-state index in [1.807, 2.05) is 23.1 Å². The number of amides is 1. The normalized spacial score (nSPS) is 13.7. The van der Waals surface area contributed by atoms with Crippen LogP contribution in [0.3, 0.4) is 0 Å². The number of nitrogens with one attached hydrogen (secondary N) is 1. The molecule has 0 spiro atoms. The second-order valence-corrected chi connectivity index (χ2v) is 7.17. The Morgan fingerprint density at radius 3 is 2.23 bits per heavy atom. The molecule has 0 unspecified atom stereocenters. The summed E-state index contributed by atoms with van der Waals surface area (Å²) in [5.41, 5.74) is 1.68. The molecule has 8 heteroatoms. The van der Waals surface area contributed by atoms with Gasteiger partial charge in [0.25, 0.3) is 5.91 Å². The molecular weight excluding hydrogens is 399 g/mol. The Morgan fingerprint density at radius 2 is 1.58 bits per heavy atom. The molecule has 1 amide bonds. The number of carboxylic acids is 1. The van der Waals surface area contributed by atoms with Gasteiger partial charge in [-0.3, -0.25) is 4.79 Å². The van der Waals surface area contributed by atoms with E-state index in [2.05, 4.69) is 27.3 Å². The van der Waals surface area contributed by atoms with Crippen LogP contribution >= 0.6 is 0 Å². The lowest BCUT2D eigenvalue weighted by atomic mass is 10.1. The van der Waals surface area contributed by atoms with Gasteiger partial charge >= 0.3 is 5.97 Å². The second kappa shape index (κ2) is 8.83. The summed E-state index contributed by atoms with van der Waals surface area (Å²) in [5, 5.41) is 12.3. The van der Waals surface area contributed by atoms with Crippen molar-refractivity contribution in [2.24, 2.45) is 0 Å². The molecule has 2 heterocycles. The molecule has 0 bridgehead atoms. The number of rotatable bonds is 5. The monoisotopic (exact) mass is 420 g/mol. The highest BCUT2D eigenvalue weighted by Gasteiger charge is 2.23. The number of carbonyl (C=O) groups is 2. The minimum Gasteiger partial charge on any atom is -0.478 e. The van der Waals surface area contributed by atoms with Gasteiger partial charge in [0, 0.05) is 37.4 Å². The standard InChI is InChI=1S/C23H21FN4O3/c24-17-8-6-16(7-9-17)22(29)26-18-14-20(23(30)31)21(25-15-18)28-12-10-27(11-13-28)19-4-2-1-3-5-19/h1-9,14-15H,10-13H2,(H,26,29)(H,30,31). The first-order valence-electron chi connectivity index (χ1n) is 9.86. The van der Waals surface area contributed by atoms with Crippen LogP contribution in [0.5, 0.6) is 0 Å². The third-order valence-electron chi connectivity index (χ3n) is 5.16. The van der Waals surface area contributed by atoms with E-state index in [1.165, 1.54) is 36.5 Å². The first kappa shape index (κ1) is 20.3. The fourth-order valence-electron chi connectivity index (χ4n) is 3.56. The fourth-order valence-corrected chi connectivity index (χ4v) is 3.56. The number of carboxylic acid groups (broad SMARTS) is 1. The summed E-state index contributed by atoms with van der Waals surface area (Å²) in [6, 6.07) is 16.5. The SMILES string of the molecule is O=C(Nc1cnc(N2CCN(c3ccccc3)CC2)c(C(=O)O)c1)c1ccc(F)cc1. The maximum absolute atomic E-state index is 13.0. The molecule has 1 saturated heterocycles. The number of para-hydroxylation sites is 1. The molecule has 2 N–H and O–H groups in total. The van der Waals surface area contributed by atoms with Crippen molar-refractivity contribution >= 4 is 29.1 Å². The lowest BCUT2D eigenvalue weighted by Gasteiger charge is -2.37. The van der Waals surface area contributed by atoms with Crippen LogP contribution in [0.25, 0.3) is 0 Å². The van der Waals surface area contributed by atoms with Gasteiger partial charge in [-0.2, -0.15) is 0 Å². The number of carbonyl (C=O) groups excluding carboxylic acids is 1. The predicted octanol–water partition coefficient (Wildman–Crippen LogP) is 3.50. The Hall–Kier alpha value is -3.94. The molecular formula is C23H21FN4O3. The average molecular weight is 420 g/mol. The summed E-state index contributed by atoms with van der Waals surface area (Å²) in [5.74, 6) is -1.66. The fraction of sp³-hybridized carbons (Fsp3) is 0.174.